The van der Waals surface area contributed by atoms with Crippen molar-refractivity contribution in [2.24, 2.45) is 0 Å². The number of amides is 2. The Morgan fingerprint density at radius 1 is 1.24 bits per heavy atom. The zero-order chi connectivity index (χ0) is 16.0. The molecule has 0 radical (unpaired) electrons. The van der Waals surface area contributed by atoms with Crippen molar-refractivity contribution in [3.8, 4) is 0 Å². The molecule has 0 aliphatic rings. The molecule has 1 rings (SSSR count). The quantitative estimate of drug-likeness (QED) is 0.816. The number of hydrogen-bond donors (Lipinski definition) is 2. The van der Waals surface area contributed by atoms with Crippen LogP contribution < -0.4 is 5.32 Å². The number of aromatic carboxylic acids is 1. The molecule has 0 heterocycles. The fourth-order valence-electron chi connectivity index (χ4n) is 1.85. The van der Waals surface area contributed by atoms with Crippen LogP contribution in [0.15, 0.2) is 24.3 Å². The van der Waals surface area contributed by atoms with E-state index in [4.69, 9.17) is 5.11 Å². The van der Waals surface area contributed by atoms with E-state index in [1.807, 2.05) is 13.8 Å². The third-order valence-corrected chi connectivity index (χ3v) is 2.85. The van der Waals surface area contributed by atoms with Crippen molar-refractivity contribution in [1.82, 2.24) is 10.2 Å². The maximum atomic E-state index is 12.1. The molecule has 21 heavy (non-hydrogen) atoms. The summed E-state index contributed by atoms with van der Waals surface area (Å²) in [6.07, 6.45) is -0.0477. The minimum Gasteiger partial charge on any atom is -0.478 e. The standard InChI is InChI=1S/C15H20N2O4/c1-10(2)16-13(18)9-17(3)14(19)8-11-6-4-5-7-12(11)15(20)21/h4-7,10H,8-9H2,1-3H3,(H,16,18)(H,20,21). The molecule has 2 amide bonds. The second-order valence-corrected chi connectivity index (χ2v) is 5.11. The van der Waals surface area contributed by atoms with Crippen molar-refractivity contribution in [3.05, 3.63) is 35.4 Å². The zero-order valence-corrected chi connectivity index (χ0v) is 12.4. The molecule has 0 spiro atoms. The summed E-state index contributed by atoms with van der Waals surface area (Å²) >= 11 is 0. The van der Waals surface area contributed by atoms with Crippen LogP contribution in [0, 0.1) is 0 Å². The maximum Gasteiger partial charge on any atom is 0.335 e. The molecule has 0 fully saturated rings. The molecule has 0 saturated carbocycles. The molecule has 0 atom stereocenters. The van der Waals surface area contributed by atoms with Gasteiger partial charge < -0.3 is 15.3 Å². The molecule has 2 N–H and O–H groups in total. The Morgan fingerprint density at radius 3 is 2.43 bits per heavy atom. The lowest BCUT2D eigenvalue weighted by atomic mass is 10.0. The summed E-state index contributed by atoms with van der Waals surface area (Å²) in [7, 11) is 1.52. The summed E-state index contributed by atoms with van der Waals surface area (Å²) in [5.41, 5.74) is 0.539. The number of carboxylic acids is 1. The van der Waals surface area contributed by atoms with Crippen LogP contribution in [0.25, 0.3) is 0 Å². The van der Waals surface area contributed by atoms with Crippen LogP contribution in [0.2, 0.25) is 0 Å². The van der Waals surface area contributed by atoms with Gasteiger partial charge in [0.05, 0.1) is 18.5 Å². The highest BCUT2D eigenvalue weighted by Crippen LogP contribution is 2.10. The Labute approximate surface area is 123 Å². The van der Waals surface area contributed by atoms with E-state index in [9.17, 15) is 14.4 Å². The zero-order valence-electron chi connectivity index (χ0n) is 12.4. The summed E-state index contributed by atoms with van der Waals surface area (Å²) in [4.78, 5) is 36.0. The molecule has 0 aliphatic heterocycles. The first kappa shape index (κ1) is 16.7. The lowest BCUT2D eigenvalue weighted by Gasteiger charge is -2.18. The molecule has 1 aromatic rings. The molecule has 6 heteroatoms. The number of nitrogens with zero attached hydrogens (tertiary/aromatic N) is 1. The topological polar surface area (TPSA) is 86.7 Å². The number of likely N-dealkylation sites (N-methyl/N-ethyl adjacent to an activating group) is 1. The summed E-state index contributed by atoms with van der Waals surface area (Å²) < 4.78 is 0. The highest BCUT2D eigenvalue weighted by molar-refractivity contribution is 5.92. The van der Waals surface area contributed by atoms with Gasteiger partial charge in [-0.05, 0) is 25.5 Å². The van der Waals surface area contributed by atoms with Gasteiger partial charge in [-0.3, -0.25) is 9.59 Å². The first-order chi connectivity index (χ1) is 9.81. The summed E-state index contributed by atoms with van der Waals surface area (Å²) in [5, 5.41) is 11.8. The number of carbonyl (C=O) groups is 3. The second kappa shape index (κ2) is 7.42. The van der Waals surface area contributed by atoms with Crippen LogP contribution in [0.3, 0.4) is 0 Å². The number of nitrogens with one attached hydrogen (secondary N) is 1. The van der Waals surface area contributed by atoms with Gasteiger partial charge in [-0.25, -0.2) is 4.79 Å². The molecular formula is C15H20N2O4. The van der Waals surface area contributed by atoms with Crippen LogP contribution in [-0.4, -0.2) is 47.4 Å². The van der Waals surface area contributed by atoms with E-state index in [2.05, 4.69) is 5.32 Å². The Morgan fingerprint density at radius 2 is 1.86 bits per heavy atom. The molecule has 0 aromatic heterocycles. The highest BCUT2D eigenvalue weighted by Gasteiger charge is 2.17. The molecule has 0 saturated heterocycles. The van der Waals surface area contributed by atoms with Crippen LogP contribution in [-0.2, 0) is 16.0 Å². The smallest absolute Gasteiger partial charge is 0.335 e. The van der Waals surface area contributed by atoms with Gasteiger partial charge in [-0.1, -0.05) is 18.2 Å². The van der Waals surface area contributed by atoms with Crippen molar-refractivity contribution in [3.63, 3.8) is 0 Å². The first-order valence-corrected chi connectivity index (χ1v) is 6.65. The summed E-state index contributed by atoms with van der Waals surface area (Å²) in [6, 6.07) is 6.35. The molecule has 1 aromatic carbocycles. The van der Waals surface area contributed by atoms with E-state index >= 15 is 0 Å². The highest BCUT2D eigenvalue weighted by atomic mass is 16.4. The van der Waals surface area contributed by atoms with Gasteiger partial charge in [0.25, 0.3) is 0 Å². The minimum atomic E-state index is -1.07. The Hall–Kier alpha value is -2.37. The van der Waals surface area contributed by atoms with Gasteiger partial charge in [0, 0.05) is 13.1 Å². The Bertz CT molecular complexity index is 540. The van der Waals surface area contributed by atoms with Crippen LogP contribution in [0.1, 0.15) is 29.8 Å². The molecule has 0 aliphatic carbocycles. The lowest BCUT2D eigenvalue weighted by Crippen LogP contribution is -2.41. The molecular weight excluding hydrogens is 272 g/mol. The van der Waals surface area contributed by atoms with E-state index in [0.717, 1.165) is 0 Å². The van der Waals surface area contributed by atoms with Crippen molar-refractivity contribution in [2.75, 3.05) is 13.6 Å². The van der Waals surface area contributed by atoms with E-state index in [1.165, 1.54) is 18.0 Å². The average Bonchev–Trinajstić information content (AvgIpc) is 2.37. The van der Waals surface area contributed by atoms with E-state index in [1.54, 1.807) is 18.2 Å². The number of benzene rings is 1. The predicted octanol–water partition coefficient (Wildman–Crippen LogP) is 0.910. The van der Waals surface area contributed by atoms with Crippen LogP contribution >= 0.6 is 0 Å². The number of carboxylic acid groups (broad SMARTS) is 1. The summed E-state index contributed by atoms with van der Waals surface area (Å²) in [5.74, 6) is -1.62. The largest absolute Gasteiger partial charge is 0.478 e. The van der Waals surface area contributed by atoms with Crippen LogP contribution in [0.4, 0.5) is 0 Å². The van der Waals surface area contributed by atoms with Gasteiger partial charge in [-0.15, -0.1) is 0 Å². The second-order valence-electron chi connectivity index (χ2n) is 5.11. The lowest BCUT2D eigenvalue weighted by molar-refractivity contribution is -0.134. The third-order valence-electron chi connectivity index (χ3n) is 2.85. The average molecular weight is 292 g/mol. The van der Waals surface area contributed by atoms with Crippen LogP contribution in [0.5, 0.6) is 0 Å². The minimum absolute atomic E-state index is 0.00809. The van der Waals surface area contributed by atoms with E-state index in [-0.39, 0.29) is 36.4 Å². The Balaban J connectivity index is 2.69. The number of rotatable bonds is 6. The SMILES string of the molecule is CC(C)NC(=O)CN(C)C(=O)Cc1ccccc1C(=O)O. The van der Waals surface area contributed by atoms with Gasteiger partial charge in [0.1, 0.15) is 0 Å². The van der Waals surface area contributed by atoms with E-state index in [0.29, 0.717) is 5.56 Å². The van der Waals surface area contributed by atoms with Gasteiger partial charge >= 0.3 is 5.97 Å². The first-order valence-electron chi connectivity index (χ1n) is 6.65. The van der Waals surface area contributed by atoms with Crippen molar-refractivity contribution in [2.45, 2.75) is 26.3 Å². The maximum absolute atomic E-state index is 12.1. The third kappa shape index (κ3) is 5.25. The molecule has 6 nitrogen and oxygen atoms in total. The fourth-order valence-corrected chi connectivity index (χ4v) is 1.85. The van der Waals surface area contributed by atoms with E-state index < -0.39 is 5.97 Å². The Kier molecular flexibility index (Phi) is 5.90. The van der Waals surface area contributed by atoms with Gasteiger partial charge in [-0.2, -0.15) is 0 Å². The van der Waals surface area contributed by atoms with Crippen molar-refractivity contribution < 1.29 is 19.5 Å². The molecule has 0 bridgehead atoms. The number of hydrogen-bond acceptors (Lipinski definition) is 3. The predicted molar refractivity (Wildman–Crippen MR) is 78.0 cm³/mol. The molecule has 114 valence electrons. The fraction of sp³-hybridized carbons (Fsp3) is 0.400. The molecule has 0 unspecified atom stereocenters. The normalized spacial score (nSPS) is 10.3. The number of carbonyl (C=O) groups excluding carboxylic acids is 2. The van der Waals surface area contributed by atoms with Gasteiger partial charge in [0.2, 0.25) is 11.8 Å². The summed E-state index contributed by atoms with van der Waals surface area (Å²) in [6.45, 7) is 3.62. The van der Waals surface area contributed by atoms with Crippen molar-refractivity contribution >= 4 is 17.8 Å². The van der Waals surface area contributed by atoms with Gasteiger partial charge in [0.15, 0.2) is 0 Å². The van der Waals surface area contributed by atoms with Crippen molar-refractivity contribution in [1.29, 1.82) is 0 Å². The monoisotopic (exact) mass is 292 g/mol.